The van der Waals surface area contributed by atoms with Gasteiger partial charge in [0.15, 0.2) is 0 Å². The Balaban J connectivity index is 2.64. The fraction of sp³-hybridized carbons (Fsp3) is 0.923. The average Bonchev–Trinajstić information content (AvgIpc) is 2.29. The lowest BCUT2D eigenvalue weighted by atomic mass is 9.70. The number of hydrogen-bond acceptors (Lipinski definition) is 3. The highest BCUT2D eigenvalue weighted by Crippen LogP contribution is 2.51. The van der Waals surface area contributed by atoms with Crippen LogP contribution in [-0.4, -0.2) is 21.5 Å². The number of hydrogen-bond donors (Lipinski definition) is 1. The molecule has 1 rings (SSSR count). The Morgan fingerprint density at radius 3 is 2.15 bits per heavy atom. The molecule has 0 amide bonds. The number of nitriles is 1. The molecule has 0 aromatic rings. The maximum atomic E-state index is 13.1. The van der Waals surface area contributed by atoms with Gasteiger partial charge < -0.3 is 4.55 Å². The molecule has 1 saturated carbocycles. The minimum absolute atomic E-state index is 0.0803. The number of halogens is 3. The molecule has 0 aromatic heterocycles. The molecule has 0 aliphatic heterocycles. The number of nitrogens with one attached hydrogen (secondary N) is 1. The van der Waals surface area contributed by atoms with Gasteiger partial charge in [0.25, 0.3) is 0 Å². The Bertz CT molecular complexity index is 365. The van der Waals surface area contributed by atoms with Gasteiger partial charge in [0.05, 0.1) is 17.5 Å². The number of nitrogens with zero attached hydrogens (tertiary/aromatic N) is 1. The number of alkyl halides is 3. The first-order chi connectivity index (χ1) is 9.02. The monoisotopic (exact) mass is 310 g/mol. The maximum absolute atomic E-state index is 13.1. The van der Waals surface area contributed by atoms with Crippen LogP contribution in [0.2, 0.25) is 0 Å². The summed E-state index contributed by atoms with van der Waals surface area (Å²) in [5.74, 6) is 0. The molecule has 0 bridgehead atoms. The largest absolute Gasteiger partial charge is 0.598 e. The van der Waals surface area contributed by atoms with Crippen LogP contribution in [0.1, 0.15) is 52.9 Å². The molecule has 0 heterocycles. The number of rotatable bonds is 3. The lowest BCUT2D eigenvalue weighted by Crippen LogP contribution is -2.49. The molecule has 0 aromatic carbocycles. The Kier molecular flexibility index (Phi) is 5.39. The van der Waals surface area contributed by atoms with Crippen LogP contribution in [0.3, 0.4) is 0 Å². The van der Waals surface area contributed by atoms with Crippen molar-refractivity contribution in [3.63, 3.8) is 0 Å². The first-order valence-electron chi connectivity index (χ1n) is 6.63. The third kappa shape index (κ3) is 4.03. The van der Waals surface area contributed by atoms with Crippen molar-refractivity contribution in [2.45, 2.75) is 69.8 Å². The fourth-order valence-electron chi connectivity index (χ4n) is 2.33. The van der Waals surface area contributed by atoms with E-state index in [2.05, 4.69) is 4.72 Å². The van der Waals surface area contributed by atoms with E-state index in [1.807, 2.05) is 20.8 Å². The molecular formula is C13H21F3N2OS. The molecule has 1 aliphatic rings. The first kappa shape index (κ1) is 17.6. The predicted octanol–water partition coefficient (Wildman–Crippen LogP) is 3.44. The molecule has 0 spiro atoms. The van der Waals surface area contributed by atoms with E-state index >= 15 is 0 Å². The molecule has 1 atom stereocenters. The van der Waals surface area contributed by atoms with E-state index in [0.29, 0.717) is 12.8 Å². The van der Waals surface area contributed by atoms with Crippen LogP contribution in [-0.2, 0) is 11.4 Å². The van der Waals surface area contributed by atoms with Gasteiger partial charge >= 0.3 is 6.18 Å². The van der Waals surface area contributed by atoms with E-state index in [4.69, 9.17) is 5.26 Å². The van der Waals surface area contributed by atoms with Gasteiger partial charge in [-0.2, -0.15) is 18.4 Å². The summed E-state index contributed by atoms with van der Waals surface area (Å²) in [7, 11) is 0. The molecule has 0 saturated heterocycles. The van der Waals surface area contributed by atoms with Crippen molar-refractivity contribution in [1.29, 1.82) is 5.26 Å². The van der Waals surface area contributed by atoms with Gasteiger partial charge in [-0.05, 0) is 46.5 Å². The summed E-state index contributed by atoms with van der Waals surface area (Å²) in [6.07, 6.45) is -4.42. The van der Waals surface area contributed by atoms with Gasteiger partial charge in [-0.15, -0.1) is 4.72 Å². The van der Waals surface area contributed by atoms with Crippen LogP contribution in [0.25, 0.3) is 0 Å². The Morgan fingerprint density at radius 1 is 1.30 bits per heavy atom. The summed E-state index contributed by atoms with van der Waals surface area (Å²) >= 11 is -1.28. The van der Waals surface area contributed by atoms with Gasteiger partial charge in [0.2, 0.25) is 0 Å². The summed E-state index contributed by atoms with van der Waals surface area (Å²) in [6.45, 7) is 5.44. The summed E-state index contributed by atoms with van der Waals surface area (Å²) in [5.41, 5.74) is -1.89. The standard InChI is InChI=1S/C13H21F3N2OS/c1-11(2,3)20(19)18-10-4-6-12(7-5-10,8-9-17)13(14,15)16/h10,18H,4-8H2,1-3H3/t10-,12-,20?. The highest BCUT2D eigenvalue weighted by Gasteiger charge is 2.55. The molecule has 1 aliphatic carbocycles. The van der Waals surface area contributed by atoms with Crippen molar-refractivity contribution in [3.8, 4) is 6.07 Å². The Labute approximate surface area is 121 Å². The minimum atomic E-state index is -4.35. The molecular weight excluding hydrogens is 289 g/mol. The van der Waals surface area contributed by atoms with Gasteiger partial charge in [-0.1, -0.05) is 0 Å². The van der Waals surface area contributed by atoms with Crippen molar-refractivity contribution in [2.24, 2.45) is 5.41 Å². The van der Waals surface area contributed by atoms with Gasteiger partial charge in [-0.25, -0.2) is 0 Å². The van der Waals surface area contributed by atoms with Crippen LogP contribution in [0.15, 0.2) is 0 Å². The minimum Gasteiger partial charge on any atom is -0.598 e. The predicted molar refractivity (Wildman–Crippen MR) is 72.0 cm³/mol. The second-order valence-electron chi connectivity index (χ2n) is 6.39. The second kappa shape index (κ2) is 6.12. The molecule has 20 heavy (non-hydrogen) atoms. The van der Waals surface area contributed by atoms with Crippen LogP contribution in [0, 0.1) is 16.7 Å². The van der Waals surface area contributed by atoms with E-state index in [9.17, 15) is 17.7 Å². The highest BCUT2D eigenvalue weighted by atomic mass is 32.2. The van der Waals surface area contributed by atoms with E-state index < -0.39 is 34.1 Å². The average molecular weight is 310 g/mol. The topological polar surface area (TPSA) is 58.9 Å². The zero-order chi connectivity index (χ0) is 15.6. The maximum Gasteiger partial charge on any atom is 0.395 e. The van der Waals surface area contributed by atoms with Gasteiger partial charge in [0.1, 0.15) is 4.75 Å². The summed E-state index contributed by atoms with van der Waals surface area (Å²) < 4.78 is 53.8. The summed E-state index contributed by atoms with van der Waals surface area (Å²) in [6, 6.07) is 1.49. The molecule has 0 radical (unpaired) electrons. The van der Waals surface area contributed by atoms with E-state index in [0.717, 1.165) is 0 Å². The Morgan fingerprint density at radius 2 is 1.80 bits per heavy atom. The van der Waals surface area contributed by atoms with Crippen molar-refractivity contribution in [1.82, 2.24) is 4.72 Å². The highest BCUT2D eigenvalue weighted by molar-refractivity contribution is 7.90. The second-order valence-corrected chi connectivity index (χ2v) is 8.38. The molecule has 1 N–H and O–H groups in total. The zero-order valence-electron chi connectivity index (χ0n) is 12.0. The summed E-state index contributed by atoms with van der Waals surface area (Å²) in [4.78, 5) is 0. The molecule has 116 valence electrons. The van der Waals surface area contributed by atoms with E-state index in [1.54, 1.807) is 6.07 Å². The third-order valence-corrected chi connectivity index (χ3v) is 5.45. The lowest BCUT2D eigenvalue weighted by Gasteiger charge is -2.40. The first-order valence-corrected chi connectivity index (χ1v) is 7.78. The normalized spacial score (nSPS) is 29.8. The van der Waals surface area contributed by atoms with Crippen LogP contribution < -0.4 is 4.72 Å². The van der Waals surface area contributed by atoms with Crippen molar-refractivity contribution in [2.75, 3.05) is 0 Å². The third-order valence-electron chi connectivity index (χ3n) is 3.79. The van der Waals surface area contributed by atoms with E-state index in [1.165, 1.54) is 0 Å². The molecule has 1 unspecified atom stereocenters. The molecule has 3 nitrogen and oxygen atoms in total. The smallest absolute Gasteiger partial charge is 0.395 e. The van der Waals surface area contributed by atoms with Crippen LogP contribution in [0.5, 0.6) is 0 Å². The Hall–Kier alpha value is -0.450. The SMILES string of the molecule is CC(C)(C)[S+]([O-])N[C@H]1CC[C@](CC#N)(C(F)(F)F)CC1. The van der Waals surface area contributed by atoms with Crippen LogP contribution in [0.4, 0.5) is 13.2 Å². The van der Waals surface area contributed by atoms with Gasteiger partial charge in [0, 0.05) is 17.8 Å². The summed E-state index contributed by atoms with van der Waals surface area (Å²) in [5, 5.41) is 8.65. The fourth-order valence-corrected chi connectivity index (χ4v) is 3.22. The van der Waals surface area contributed by atoms with Crippen molar-refractivity contribution < 1.29 is 17.7 Å². The molecule has 1 fully saturated rings. The molecule has 7 heteroatoms. The lowest BCUT2D eigenvalue weighted by molar-refractivity contribution is -0.233. The van der Waals surface area contributed by atoms with Crippen molar-refractivity contribution >= 4 is 11.4 Å². The van der Waals surface area contributed by atoms with Crippen molar-refractivity contribution in [3.05, 3.63) is 0 Å². The zero-order valence-corrected chi connectivity index (χ0v) is 12.8. The van der Waals surface area contributed by atoms with Crippen LogP contribution >= 0.6 is 0 Å². The van der Waals surface area contributed by atoms with E-state index in [-0.39, 0.29) is 18.9 Å². The van der Waals surface area contributed by atoms with Gasteiger partial charge in [-0.3, -0.25) is 0 Å². The quantitative estimate of drug-likeness (QED) is 0.812.